The molecule has 0 bridgehead atoms. The maximum atomic E-state index is 10.5. The minimum absolute atomic E-state index is 0.292. The predicted molar refractivity (Wildman–Crippen MR) is 59.5 cm³/mol. The minimum Gasteiger partial charge on any atom is -0.494 e. The number of carbonyl (C=O) groups is 1. The molecule has 0 fully saturated rings. The molecule has 1 atom stereocenters. The van der Waals surface area contributed by atoms with Crippen molar-refractivity contribution in [2.45, 2.75) is 26.6 Å². The van der Waals surface area contributed by atoms with Crippen molar-refractivity contribution in [3.63, 3.8) is 0 Å². The van der Waals surface area contributed by atoms with Crippen LogP contribution in [0.5, 0.6) is 5.75 Å². The third-order valence-corrected chi connectivity index (χ3v) is 2.08. The van der Waals surface area contributed by atoms with Gasteiger partial charge in [-0.15, -0.1) is 0 Å². The van der Waals surface area contributed by atoms with Crippen LogP contribution in [-0.2, 0) is 16.1 Å². The highest BCUT2D eigenvalue weighted by Crippen LogP contribution is 2.13. The summed E-state index contributed by atoms with van der Waals surface area (Å²) in [5.41, 5.74) is 0.927. The summed E-state index contributed by atoms with van der Waals surface area (Å²) < 4.78 is 10.4. The highest BCUT2D eigenvalue weighted by atomic mass is 16.5. The first kappa shape index (κ1) is 12.5. The SMILES string of the molecule is CCOc1ccc(CO[C@@H](C)C(=O)O)cc1. The maximum Gasteiger partial charge on any atom is 0.332 e. The van der Waals surface area contributed by atoms with E-state index in [9.17, 15) is 4.79 Å². The van der Waals surface area contributed by atoms with Gasteiger partial charge in [0.25, 0.3) is 0 Å². The standard InChI is InChI=1S/C12H16O4/c1-3-15-11-6-4-10(5-7-11)8-16-9(2)12(13)14/h4-7,9H,3,8H2,1-2H3,(H,13,14)/t9-/m0/s1. The fraction of sp³-hybridized carbons (Fsp3) is 0.417. The van der Waals surface area contributed by atoms with E-state index in [0.29, 0.717) is 13.2 Å². The van der Waals surface area contributed by atoms with E-state index in [0.717, 1.165) is 11.3 Å². The molecular weight excluding hydrogens is 208 g/mol. The molecule has 16 heavy (non-hydrogen) atoms. The summed E-state index contributed by atoms with van der Waals surface area (Å²) in [5.74, 6) is -0.150. The second kappa shape index (κ2) is 6.12. The van der Waals surface area contributed by atoms with Crippen LogP contribution in [0.4, 0.5) is 0 Å². The molecule has 0 amide bonds. The first-order chi connectivity index (χ1) is 7.63. The first-order valence-electron chi connectivity index (χ1n) is 5.19. The van der Waals surface area contributed by atoms with Crippen LogP contribution in [0.25, 0.3) is 0 Å². The monoisotopic (exact) mass is 224 g/mol. The van der Waals surface area contributed by atoms with E-state index in [2.05, 4.69) is 0 Å². The topological polar surface area (TPSA) is 55.8 Å². The molecule has 0 unspecified atom stereocenters. The van der Waals surface area contributed by atoms with Gasteiger partial charge in [0.2, 0.25) is 0 Å². The number of rotatable bonds is 6. The third kappa shape index (κ3) is 3.90. The third-order valence-electron chi connectivity index (χ3n) is 2.08. The Hall–Kier alpha value is -1.55. The van der Waals surface area contributed by atoms with Gasteiger partial charge < -0.3 is 14.6 Å². The van der Waals surface area contributed by atoms with Crippen LogP contribution < -0.4 is 4.74 Å². The lowest BCUT2D eigenvalue weighted by molar-refractivity contribution is -0.149. The van der Waals surface area contributed by atoms with Gasteiger partial charge in [0, 0.05) is 0 Å². The Bertz CT molecular complexity index is 331. The molecule has 1 aromatic carbocycles. The van der Waals surface area contributed by atoms with Gasteiger partial charge in [0.1, 0.15) is 5.75 Å². The Morgan fingerprint density at radius 2 is 2.00 bits per heavy atom. The molecule has 0 aliphatic rings. The summed E-state index contributed by atoms with van der Waals surface area (Å²) in [6.45, 7) is 4.36. The summed E-state index contributed by atoms with van der Waals surface area (Å²) in [7, 11) is 0. The number of hydrogen-bond donors (Lipinski definition) is 1. The molecule has 4 nitrogen and oxygen atoms in total. The van der Waals surface area contributed by atoms with Crippen molar-refractivity contribution in [3.8, 4) is 5.75 Å². The van der Waals surface area contributed by atoms with Crippen molar-refractivity contribution in [1.82, 2.24) is 0 Å². The quantitative estimate of drug-likeness (QED) is 0.803. The van der Waals surface area contributed by atoms with Crippen LogP contribution in [0.3, 0.4) is 0 Å². The zero-order valence-corrected chi connectivity index (χ0v) is 9.47. The Kier molecular flexibility index (Phi) is 4.79. The summed E-state index contributed by atoms with van der Waals surface area (Å²) in [6.07, 6.45) is -0.786. The van der Waals surface area contributed by atoms with Gasteiger partial charge in [0.15, 0.2) is 6.10 Å². The lowest BCUT2D eigenvalue weighted by Crippen LogP contribution is -2.19. The number of aliphatic carboxylic acids is 1. The molecule has 88 valence electrons. The molecule has 4 heteroatoms. The van der Waals surface area contributed by atoms with Gasteiger partial charge in [-0.1, -0.05) is 12.1 Å². The van der Waals surface area contributed by atoms with Gasteiger partial charge >= 0.3 is 5.97 Å². The van der Waals surface area contributed by atoms with Crippen molar-refractivity contribution in [3.05, 3.63) is 29.8 Å². The molecule has 0 saturated carbocycles. The molecule has 0 aromatic heterocycles. The van der Waals surface area contributed by atoms with E-state index in [1.54, 1.807) is 0 Å². The second-order valence-corrected chi connectivity index (χ2v) is 3.37. The lowest BCUT2D eigenvalue weighted by Gasteiger charge is -2.09. The molecule has 0 heterocycles. The lowest BCUT2D eigenvalue weighted by atomic mass is 10.2. The Balaban J connectivity index is 2.46. The number of hydrogen-bond acceptors (Lipinski definition) is 3. The Morgan fingerprint density at radius 3 is 2.50 bits per heavy atom. The molecule has 1 aromatic rings. The molecule has 1 rings (SSSR count). The fourth-order valence-electron chi connectivity index (χ4n) is 1.14. The van der Waals surface area contributed by atoms with Crippen molar-refractivity contribution >= 4 is 5.97 Å². The molecule has 0 aliphatic heterocycles. The van der Waals surface area contributed by atoms with Gasteiger partial charge in [-0.25, -0.2) is 4.79 Å². The number of carboxylic acid groups (broad SMARTS) is 1. The smallest absolute Gasteiger partial charge is 0.332 e. The molecule has 0 saturated heterocycles. The average Bonchev–Trinajstić information content (AvgIpc) is 2.28. The van der Waals surface area contributed by atoms with Gasteiger partial charge in [0.05, 0.1) is 13.2 Å². The second-order valence-electron chi connectivity index (χ2n) is 3.37. The van der Waals surface area contributed by atoms with Crippen LogP contribution >= 0.6 is 0 Å². The zero-order valence-electron chi connectivity index (χ0n) is 9.47. The minimum atomic E-state index is -0.953. The summed E-state index contributed by atoms with van der Waals surface area (Å²) in [5, 5.41) is 8.63. The molecular formula is C12H16O4. The zero-order chi connectivity index (χ0) is 12.0. The Labute approximate surface area is 94.8 Å². The molecule has 0 aliphatic carbocycles. The van der Waals surface area contributed by atoms with E-state index in [4.69, 9.17) is 14.6 Å². The summed E-state index contributed by atoms with van der Waals surface area (Å²) in [4.78, 5) is 10.5. The highest BCUT2D eigenvalue weighted by molar-refractivity contribution is 5.71. The van der Waals surface area contributed by atoms with E-state index < -0.39 is 12.1 Å². The molecule has 1 N–H and O–H groups in total. The van der Waals surface area contributed by atoms with Gasteiger partial charge in [-0.05, 0) is 31.5 Å². The van der Waals surface area contributed by atoms with Crippen molar-refractivity contribution in [2.75, 3.05) is 6.61 Å². The molecule has 0 spiro atoms. The average molecular weight is 224 g/mol. The van der Waals surface area contributed by atoms with E-state index >= 15 is 0 Å². The maximum absolute atomic E-state index is 10.5. The van der Waals surface area contributed by atoms with Crippen molar-refractivity contribution < 1.29 is 19.4 Å². The summed E-state index contributed by atoms with van der Waals surface area (Å²) >= 11 is 0. The molecule has 0 radical (unpaired) electrons. The van der Waals surface area contributed by atoms with Crippen LogP contribution in [0.2, 0.25) is 0 Å². The first-order valence-corrected chi connectivity index (χ1v) is 5.19. The van der Waals surface area contributed by atoms with Crippen molar-refractivity contribution in [1.29, 1.82) is 0 Å². The van der Waals surface area contributed by atoms with Crippen molar-refractivity contribution in [2.24, 2.45) is 0 Å². The fourth-order valence-corrected chi connectivity index (χ4v) is 1.14. The normalized spacial score (nSPS) is 12.1. The van der Waals surface area contributed by atoms with E-state index in [-0.39, 0.29) is 0 Å². The predicted octanol–water partition coefficient (Wildman–Crippen LogP) is 2.08. The Morgan fingerprint density at radius 1 is 1.38 bits per heavy atom. The van der Waals surface area contributed by atoms with Gasteiger partial charge in [-0.2, -0.15) is 0 Å². The largest absolute Gasteiger partial charge is 0.494 e. The van der Waals surface area contributed by atoms with Crippen LogP contribution in [0, 0.1) is 0 Å². The van der Waals surface area contributed by atoms with E-state index in [1.165, 1.54) is 6.92 Å². The number of benzene rings is 1. The van der Waals surface area contributed by atoms with Gasteiger partial charge in [-0.3, -0.25) is 0 Å². The summed E-state index contributed by atoms with van der Waals surface area (Å²) in [6, 6.07) is 7.40. The van der Waals surface area contributed by atoms with Crippen LogP contribution in [-0.4, -0.2) is 23.8 Å². The number of ether oxygens (including phenoxy) is 2. The number of carboxylic acids is 1. The highest BCUT2D eigenvalue weighted by Gasteiger charge is 2.10. The van der Waals surface area contributed by atoms with Crippen LogP contribution in [0.1, 0.15) is 19.4 Å². The van der Waals surface area contributed by atoms with E-state index in [1.807, 2.05) is 31.2 Å². The van der Waals surface area contributed by atoms with Crippen LogP contribution in [0.15, 0.2) is 24.3 Å².